The quantitative estimate of drug-likeness (QED) is 0.431. The highest BCUT2D eigenvalue weighted by atomic mass is 19.4. The van der Waals surface area contributed by atoms with E-state index in [0.717, 1.165) is 30.3 Å². The van der Waals surface area contributed by atoms with Gasteiger partial charge in [0, 0.05) is 12.1 Å². The fraction of sp³-hybridized carbons (Fsp3) is 0.158. The fourth-order valence-electron chi connectivity index (χ4n) is 2.47. The molecule has 1 amide bonds. The van der Waals surface area contributed by atoms with Crippen LogP contribution in [0.5, 0.6) is 11.5 Å². The van der Waals surface area contributed by atoms with Gasteiger partial charge in [-0.1, -0.05) is 6.58 Å². The van der Waals surface area contributed by atoms with Crippen molar-refractivity contribution in [3.63, 3.8) is 0 Å². The van der Waals surface area contributed by atoms with Crippen LogP contribution in [0.3, 0.4) is 0 Å². The van der Waals surface area contributed by atoms with Gasteiger partial charge in [-0.2, -0.15) is 26.3 Å². The minimum absolute atomic E-state index is 0.0476. The second-order valence-corrected chi connectivity index (χ2v) is 5.96. The highest BCUT2D eigenvalue weighted by Crippen LogP contribution is 2.38. The number of carbonyl (C=O) groups excluding carboxylic acids is 1. The molecule has 0 aliphatic rings. The minimum Gasteiger partial charge on any atom is -0.455 e. The third-order valence-electron chi connectivity index (χ3n) is 3.88. The molecule has 0 saturated heterocycles. The van der Waals surface area contributed by atoms with E-state index in [1.807, 2.05) is 0 Å². The monoisotopic (exact) mass is 430 g/mol. The van der Waals surface area contributed by atoms with Gasteiger partial charge in [0.25, 0.3) is 0 Å². The number of rotatable bonds is 5. The fourth-order valence-corrected chi connectivity index (χ4v) is 2.47. The Morgan fingerprint density at radius 3 is 2.30 bits per heavy atom. The molecule has 0 saturated carbocycles. The molecule has 3 rings (SSSR count). The zero-order valence-corrected chi connectivity index (χ0v) is 14.9. The average molecular weight is 430 g/mol. The molecule has 1 heterocycles. The number of hydrogen-bond acceptors (Lipinski definition) is 4. The van der Waals surface area contributed by atoms with Crippen molar-refractivity contribution < 1.29 is 40.3 Å². The number of oxazole rings is 1. The Labute approximate surface area is 165 Å². The molecular weight excluding hydrogens is 418 g/mol. The molecule has 2 aromatic carbocycles. The van der Waals surface area contributed by atoms with Crippen molar-refractivity contribution in [3.8, 4) is 11.5 Å². The molecule has 0 radical (unpaired) electrons. The number of carbonyl (C=O) groups is 1. The number of aromatic nitrogens is 1. The number of hydrogen-bond donors (Lipinski definition) is 1. The van der Waals surface area contributed by atoms with Crippen LogP contribution >= 0.6 is 0 Å². The maximum absolute atomic E-state index is 13.1. The average Bonchev–Trinajstić information content (AvgIpc) is 3.13. The molecule has 0 fully saturated rings. The summed E-state index contributed by atoms with van der Waals surface area (Å²) in [6.07, 6.45) is -8.44. The van der Waals surface area contributed by atoms with E-state index in [1.54, 1.807) is 0 Å². The van der Waals surface area contributed by atoms with E-state index in [1.165, 1.54) is 12.1 Å². The van der Waals surface area contributed by atoms with Gasteiger partial charge in [0.2, 0.25) is 5.91 Å². The van der Waals surface area contributed by atoms with E-state index in [4.69, 9.17) is 9.15 Å². The second-order valence-electron chi connectivity index (χ2n) is 5.96. The van der Waals surface area contributed by atoms with Crippen molar-refractivity contribution in [2.45, 2.75) is 18.9 Å². The summed E-state index contributed by atoms with van der Waals surface area (Å²) in [6.45, 7) is 3.09. The number of alkyl halides is 6. The summed E-state index contributed by atoms with van der Waals surface area (Å²) in [6, 6.07) is 6.22. The van der Waals surface area contributed by atoms with Gasteiger partial charge in [-0.05, 0) is 42.5 Å². The van der Waals surface area contributed by atoms with E-state index in [0.29, 0.717) is 0 Å². The van der Waals surface area contributed by atoms with Gasteiger partial charge < -0.3 is 14.5 Å². The number of ether oxygens (including phenoxy) is 1. The molecule has 158 valence electrons. The van der Waals surface area contributed by atoms with Gasteiger partial charge in [-0.3, -0.25) is 4.79 Å². The molecule has 0 aliphatic carbocycles. The van der Waals surface area contributed by atoms with Crippen LogP contribution in [0.2, 0.25) is 0 Å². The molecule has 1 aromatic heterocycles. The molecular formula is C19H12F6N2O3. The lowest BCUT2D eigenvalue weighted by atomic mass is 10.1. The lowest BCUT2D eigenvalue weighted by Gasteiger charge is -2.10. The van der Waals surface area contributed by atoms with Crippen LogP contribution in [0, 0.1) is 0 Å². The van der Waals surface area contributed by atoms with E-state index in [-0.39, 0.29) is 34.7 Å². The summed E-state index contributed by atoms with van der Waals surface area (Å²) < 4.78 is 87.4. The normalized spacial score (nSPS) is 12.1. The van der Waals surface area contributed by atoms with E-state index < -0.39 is 29.7 Å². The third kappa shape index (κ3) is 4.56. The lowest BCUT2D eigenvalue weighted by Crippen LogP contribution is -2.20. The molecule has 0 atom stereocenters. The molecule has 11 heteroatoms. The number of nitrogens with one attached hydrogen (secondary N) is 1. The Balaban J connectivity index is 1.99. The van der Waals surface area contributed by atoms with Gasteiger partial charge in [-0.25, -0.2) is 4.98 Å². The van der Waals surface area contributed by atoms with Crippen LogP contribution in [0.15, 0.2) is 53.5 Å². The van der Waals surface area contributed by atoms with Gasteiger partial charge in [-0.15, -0.1) is 0 Å². The molecule has 0 bridgehead atoms. The van der Waals surface area contributed by atoms with E-state index in [9.17, 15) is 31.1 Å². The highest BCUT2D eigenvalue weighted by molar-refractivity contribution is 5.88. The number of benzene rings is 2. The predicted octanol–water partition coefficient (Wildman–Crippen LogP) is 5.46. The topological polar surface area (TPSA) is 64.4 Å². The number of halogens is 6. The van der Waals surface area contributed by atoms with Crippen LogP contribution in [0.4, 0.5) is 26.3 Å². The SMILES string of the molecule is C=CC(=O)NCc1ccc(Oc2ccc(C(F)(F)F)cc2)c2nc(C(F)(F)F)oc12. The van der Waals surface area contributed by atoms with Crippen molar-refractivity contribution >= 4 is 17.0 Å². The molecule has 3 aromatic rings. The first kappa shape index (κ1) is 21.2. The van der Waals surface area contributed by atoms with Gasteiger partial charge in [0.05, 0.1) is 5.56 Å². The van der Waals surface area contributed by atoms with Crippen molar-refractivity contribution in [1.29, 1.82) is 0 Å². The van der Waals surface area contributed by atoms with Crippen LogP contribution in [-0.4, -0.2) is 10.9 Å². The molecule has 0 aliphatic heterocycles. The summed E-state index contributed by atoms with van der Waals surface area (Å²) in [5.74, 6) is -2.29. The van der Waals surface area contributed by atoms with Crippen molar-refractivity contribution in [2.24, 2.45) is 0 Å². The highest BCUT2D eigenvalue weighted by Gasteiger charge is 2.38. The summed E-state index contributed by atoms with van der Waals surface area (Å²) in [7, 11) is 0. The van der Waals surface area contributed by atoms with E-state index in [2.05, 4.69) is 16.9 Å². The Kier molecular flexibility index (Phi) is 5.47. The number of nitrogens with zero attached hydrogens (tertiary/aromatic N) is 1. The first-order chi connectivity index (χ1) is 14.0. The predicted molar refractivity (Wildman–Crippen MR) is 92.6 cm³/mol. The van der Waals surface area contributed by atoms with Crippen molar-refractivity contribution in [3.05, 3.63) is 66.1 Å². The Hall–Kier alpha value is -3.50. The summed E-state index contributed by atoms with van der Waals surface area (Å²) in [5.41, 5.74) is -1.30. The molecule has 5 nitrogen and oxygen atoms in total. The number of amides is 1. The summed E-state index contributed by atoms with van der Waals surface area (Å²) >= 11 is 0. The Morgan fingerprint density at radius 2 is 1.73 bits per heavy atom. The maximum atomic E-state index is 13.1. The Bertz CT molecular complexity index is 1080. The largest absolute Gasteiger partial charge is 0.468 e. The van der Waals surface area contributed by atoms with Crippen molar-refractivity contribution in [2.75, 3.05) is 0 Å². The summed E-state index contributed by atoms with van der Waals surface area (Å²) in [4.78, 5) is 14.7. The Morgan fingerprint density at radius 1 is 1.07 bits per heavy atom. The van der Waals surface area contributed by atoms with Crippen LogP contribution < -0.4 is 10.1 Å². The first-order valence-corrected chi connectivity index (χ1v) is 8.24. The molecule has 0 unspecified atom stereocenters. The van der Waals surface area contributed by atoms with Gasteiger partial charge in [0.15, 0.2) is 16.8 Å². The van der Waals surface area contributed by atoms with Gasteiger partial charge >= 0.3 is 18.2 Å². The molecule has 0 spiro atoms. The van der Waals surface area contributed by atoms with E-state index >= 15 is 0 Å². The van der Waals surface area contributed by atoms with Crippen molar-refractivity contribution in [1.82, 2.24) is 10.3 Å². The standard InChI is InChI=1S/C19H12F6N2O3/c1-2-14(28)26-9-10-3-8-13(15-16(10)30-17(27-15)19(23,24)25)29-12-6-4-11(5-7-12)18(20,21)22/h2-8H,1,9H2,(H,26,28). The first-order valence-electron chi connectivity index (χ1n) is 8.24. The maximum Gasteiger partial charge on any atom is 0.468 e. The lowest BCUT2D eigenvalue weighted by molar-refractivity contribution is -0.156. The second kappa shape index (κ2) is 7.73. The minimum atomic E-state index is -4.88. The number of fused-ring (bicyclic) bond motifs is 1. The molecule has 1 N–H and O–H groups in total. The smallest absolute Gasteiger partial charge is 0.455 e. The van der Waals surface area contributed by atoms with Crippen LogP contribution in [0.25, 0.3) is 11.1 Å². The zero-order valence-electron chi connectivity index (χ0n) is 14.9. The molecule has 30 heavy (non-hydrogen) atoms. The third-order valence-corrected chi connectivity index (χ3v) is 3.88. The zero-order chi connectivity index (χ0) is 22.1. The summed E-state index contributed by atoms with van der Waals surface area (Å²) in [5, 5.41) is 2.40. The van der Waals surface area contributed by atoms with Crippen LogP contribution in [-0.2, 0) is 23.7 Å². The van der Waals surface area contributed by atoms with Gasteiger partial charge in [0.1, 0.15) is 5.75 Å². The van der Waals surface area contributed by atoms with Crippen LogP contribution in [0.1, 0.15) is 17.0 Å².